The average Bonchev–Trinajstić information content (AvgIpc) is 2.26. The third kappa shape index (κ3) is 2.23. The maximum atomic E-state index is 10.9. The molecule has 0 aromatic carbocycles. The Kier molecular flexibility index (Phi) is 3.60. The van der Waals surface area contributed by atoms with Crippen LogP contribution >= 0.6 is 0 Å². The van der Waals surface area contributed by atoms with E-state index in [-0.39, 0.29) is 6.42 Å². The molecule has 0 spiro atoms. The van der Waals surface area contributed by atoms with Gasteiger partial charge in [0, 0.05) is 6.42 Å². The molecule has 0 amide bonds. The first-order valence-corrected chi connectivity index (χ1v) is 4.44. The number of hydrogen-bond donors (Lipinski definition) is 1. The fourth-order valence-corrected chi connectivity index (χ4v) is 1.46. The molecule has 0 radical (unpaired) electrons. The number of rotatable bonds is 4. The summed E-state index contributed by atoms with van der Waals surface area (Å²) in [7, 11) is 4.43. The number of ether oxygens (including phenoxy) is 3. The molecule has 0 fully saturated rings. The number of methoxy groups -OCH3 is 3. The summed E-state index contributed by atoms with van der Waals surface area (Å²) in [5.41, 5.74) is 0. The summed E-state index contributed by atoms with van der Waals surface area (Å²) in [4.78, 5) is 10.9. The van der Waals surface area contributed by atoms with Crippen LogP contribution in [0.1, 0.15) is 6.42 Å². The van der Waals surface area contributed by atoms with Crippen LogP contribution in [0.2, 0.25) is 0 Å². The monoisotopic (exact) mass is 214 g/mol. The summed E-state index contributed by atoms with van der Waals surface area (Å²) >= 11 is 0. The van der Waals surface area contributed by atoms with E-state index in [0.717, 1.165) is 0 Å². The second-order valence-corrected chi connectivity index (χ2v) is 3.04. The molecule has 15 heavy (non-hydrogen) atoms. The van der Waals surface area contributed by atoms with Crippen LogP contribution in [0.15, 0.2) is 23.4 Å². The van der Waals surface area contributed by atoms with E-state index in [1.807, 2.05) is 0 Å². The van der Waals surface area contributed by atoms with E-state index in [9.17, 15) is 4.79 Å². The van der Waals surface area contributed by atoms with Gasteiger partial charge in [0.15, 0.2) is 11.5 Å². The van der Waals surface area contributed by atoms with Crippen molar-refractivity contribution in [1.82, 2.24) is 0 Å². The Bertz CT molecular complexity index is 316. The van der Waals surface area contributed by atoms with Gasteiger partial charge < -0.3 is 19.3 Å². The zero-order valence-electron chi connectivity index (χ0n) is 8.94. The molecular weight excluding hydrogens is 200 g/mol. The number of allylic oxidation sites excluding steroid dienone is 1. The minimum Gasteiger partial charge on any atom is -0.497 e. The molecule has 0 saturated carbocycles. The predicted molar refractivity (Wildman–Crippen MR) is 51.9 cm³/mol. The van der Waals surface area contributed by atoms with Crippen molar-refractivity contribution in [2.24, 2.45) is 5.92 Å². The number of carboxylic acid groups (broad SMARTS) is 1. The Morgan fingerprint density at radius 1 is 1.33 bits per heavy atom. The lowest BCUT2D eigenvalue weighted by Crippen LogP contribution is -2.19. The number of hydrogen-bond acceptors (Lipinski definition) is 4. The summed E-state index contributed by atoms with van der Waals surface area (Å²) < 4.78 is 15.2. The highest BCUT2D eigenvalue weighted by atomic mass is 16.5. The highest BCUT2D eigenvalue weighted by molar-refractivity contribution is 5.73. The Morgan fingerprint density at radius 2 is 2.00 bits per heavy atom. The number of aliphatic carboxylic acids is 1. The fourth-order valence-electron chi connectivity index (χ4n) is 1.46. The fraction of sp³-hybridized carbons (Fsp3) is 0.500. The minimum absolute atomic E-state index is 0.280. The average molecular weight is 214 g/mol. The third-order valence-corrected chi connectivity index (χ3v) is 2.22. The van der Waals surface area contributed by atoms with Crippen molar-refractivity contribution in [2.75, 3.05) is 21.3 Å². The van der Waals surface area contributed by atoms with E-state index in [1.165, 1.54) is 27.4 Å². The van der Waals surface area contributed by atoms with Gasteiger partial charge in [-0.15, -0.1) is 0 Å². The van der Waals surface area contributed by atoms with Crippen LogP contribution in [-0.2, 0) is 19.0 Å². The molecule has 5 nitrogen and oxygen atoms in total. The van der Waals surface area contributed by atoms with Crippen LogP contribution in [0.25, 0.3) is 0 Å². The first-order valence-electron chi connectivity index (χ1n) is 4.44. The van der Waals surface area contributed by atoms with Gasteiger partial charge >= 0.3 is 5.97 Å². The van der Waals surface area contributed by atoms with Gasteiger partial charge in [-0.05, 0) is 6.08 Å². The molecule has 5 heteroatoms. The first kappa shape index (κ1) is 11.4. The van der Waals surface area contributed by atoms with Crippen molar-refractivity contribution in [3.63, 3.8) is 0 Å². The van der Waals surface area contributed by atoms with Gasteiger partial charge in [-0.3, -0.25) is 4.79 Å². The number of carbonyl (C=O) groups is 1. The van der Waals surface area contributed by atoms with E-state index in [0.29, 0.717) is 17.3 Å². The second kappa shape index (κ2) is 4.72. The van der Waals surface area contributed by atoms with Gasteiger partial charge in [0.05, 0.1) is 27.2 Å². The Hall–Kier alpha value is -1.65. The molecule has 1 aliphatic rings. The van der Waals surface area contributed by atoms with E-state index in [2.05, 4.69) is 0 Å². The van der Waals surface area contributed by atoms with Gasteiger partial charge in [-0.2, -0.15) is 0 Å². The van der Waals surface area contributed by atoms with Crippen molar-refractivity contribution in [2.45, 2.75) is 6.42 Å². The summed E-state index contributed by atoms with van der Waals surface area (Å²) in [6.07, 6.45) is 1.80. The highest BCUT2D eigenvalue weighted by Crippen LogP contribution is 2.30. The largest absolute Gasteiger partial charge is 0.497 e. The Balaban J connectivity index is 3.04. The lowest BCUT2D eigenvalue weighted by molar-refractivity contribution is -0.140. The van der Waals surface area contributed by atoms with Gasteiger partial charge in [0.25, 0.3) is 0 Å². The smallest absolute Gasteiger partial charge is 0.310 e. The quantitative estimate of drug-likeness (QED) is 0.759. The topological polar surface area (TPSA) is 65.0 Å². The molecule has 0 heterocycles. The molecule has 1 unspecified atom stereocenters. The van der Waals surface area contributed by atoms with E-state index < -0.39 is 11.9 Å². The van der Waals surface area contributed by atoms with E-state index in [4.69, 9.17) is 19.3 Å². The van der Waals surface area contributed by atoms with Gasteiger partial charge in [0.2, 0.25) is 0 Å². The molecule has 0 aliphatic heterocycles. The lowest BCUT2D eigenvalue weighted by atomic mass is 9.97. The summed E-state index contributed by atoms with van der Waals surface area (Å²) in [6, 6.07) is 0. The third-order valence-electron chi connectivity index (χ3n) is 2.22. The van der Waals surface area contributed by atoms with Crippen molar-refractivity contribution in [1.29, 1.82) is 0 Å². The van der Waals surface area contributed by atoms with Gasteiger partial charge in [-0.25, -0.2) is 0 Å². The summed E-state index contributed by atoms with van der Waals surface area (Å²) in [5.74, 6) is -0.196. The van der Waals surface area contributed by atoms with E-state index >= 15 is 0 Å². The molecule has 0 aromatic rings. The standard InChI is InChI=1S/C10H14O5/c1-13-7-4-6(10(11)12)5-8(14-2)9(7)15-3/h4,6H,5H2,1-3H3,(H,11,12). The lowest BCUT2D eigenvalue weighted by Gasteiger charge is -2.22. The SMILES string of the molecule is COC1=CC(C(=O)O)CC(OC)=C1OC. The molecule has 1 rings (SSSR count). The molecule has 1 aliphatic carbocycles. The van der Waals surface area contributed by atoms with Crippen LogP contribution < -0.4 is 0 Å². The maximum absolute atomic E-state index is 10.9. The zero-order chi connectivity index (χ0) is 11.4. The van der Waals surface area contributed by atoms with Crippen LogP contribution in [-0.4, -0.2) is 32.4 Å². The molecule has 84 valence electrons. The van der Waals surface area contributed by atoms with Crippen molar-refractivity contribution in [3.8, 4) is 0 Å². The second-order valence-electron chi connectivity index (χ2n) is 3.04. The van der Waals surface area contributed by atoms with Gasteiger partial charge in [0.1, 0.15) is 5.76 Å². The van der Waals surface area contributed by atoms with Crippen molar-refractivity contribution < 1.29 is 24.1 Å². The molecule has 1 N–H and O–H groups in total. The molecule has 1 atom stereocenters. The van der Waals surface area contributed by atoms with Crippen LogP contribution in [0.5, 0.6) is 0 Å². The number of carboxylic acids is 1. The zero-order valence-corrected chi connectivity index (χ0v) is 8.94. The van der Waals surface area contributed by atoms with Crippen molar-refractivity contribution in [3.05, 3.63) is 23.4 Å². The molecule has 0 aromatic heterocycles. The van der Waals surface area contributed by atoms with Crippen molar-refractivity contribution >= 4 is 5.97 Å². The first-order chi connectivity index (χ1) is 7.13. The summed E-state index contributed by atoms with van der Waals surface area (Å²) in [5, 5.41) is 8.90. The summed E-state index contributed by atoms with van der Waals surface area (Å²) in [6.45, 7) is 0. The molecular formula is C10H14O5. The van der Waals surface area contributed by atoms with Gasteiger partial charge in [-0.1, -0.05) is 0 Å². The highest BCUT2D eigenvalue weighted by Gasteiger charge is 2.28. The predicted octanol–water partition coefficient (Wildman–Crippen LogP) is 1.13. The normalized spacial score (nSPS) is 20.7. The van der Waals surface area contributed by atoms with E-state index in [1.54, 1.807) is 0 Å². The molecule has 0 saturated heterocycles. The molecule has 0 bridgehead atoms. The maximum Gasteiger partial charge on any atom is 0.310 e. The Labute approximate surface area is 87.9 Å². The van der Waals surface area contributed by atoms with Crippen LogP contribution in [0.3, 0.4) is 0 Å². The minimum atomic E-state index is -0.908. The van der Waals surface area contributed by atoms with Crippen LogP contribution in [0, 0.1) is 5.92 Å². The van der Waals surface area contributed by atoms with Crippen LogP contribution in [0.4, 0.5) is 0 Å². The Morgan fingerprint density at radius 3 is 2.40 bits per heavy atom.